The van der Waals surface area contributed by atoms with E-state index in [2.05, 4.69) is 25.9 Å². The summed E-state index contributed by atoms with van der Waals surface area (Å²) >= 11 is 9.45. The van der Waals surface area contributed by atoms with Crippen LogP contribution in [0, 0.1) is 0 Å². The highest BCUT2D eigenvalue weighted by Gasteiger charge is 2.13. The lowest BCUT2D eigenvalue weighted by Gasteiger charge is -2.10. The molecular formula is C12H10BrClN2O2. The van der Waals surface area contributed by atoms with E-state index in [1.807, 2.05) is 24.3 Å². The zero-order chi connectivity index (χ0) is 13.0. The molecule has 1 aromatic heterocycles. The average molecular weight is 330 g/mol. The summed E-state index contributed by atoms with van der Waals surface area (Å²) in [6.07, 6.45) is 1.33. The van der Waals surface area contributed by atoms with Gasteiger partial charge in [0.25, 0.3) is 0 Å². The van der Waals surface area contributed by atoms with Crippen molar-refractivity contribution in [2.75, 3.05) is 13.2 Å². The van der Waals surface area contributed by atoms with E-state index in [0.717, 1.165) is 10.0 Å². The van der Waals surface area contributed by atoms with E-state index in [1.165, 1.54) is 6.33 Å². The Balaban J connectivity index is 2.44. The molecule has 0 aliphatic carbocycles. The van der Waals surface area contributed by atoms with Crippen LogP contribution >= 0.6 is 27.5 Å². The molecule has 0 saturated carbocycles. The Hall–Kier alpha value is -1.17. The summed E-state index contributed by atoms with van der Waals surface area (Å²) in [5, 5.41) is 9.11. The molecule has 2 rings (SSSR count). The molecule has 0 spiro atoms. The molecule has 0 fully saturated rings. The molecule has 0 saturated heterocycles. The summed E-state index contributed by atoms with van der Waals surface area (Å²) in [6.45, 7) is 0.0816. The van der Waals surface area contributed by atoms with Crippen molar-refractivity contribution in [3.63, 3.8) is 0 Å². The first-order valence-corrected chi connectivity index (χ1v) is 6.39. The van der Waals surface area contributed by atoms with Crippen LogP contribution in [-0.4, -0.2) is 28.3 Å². The number of nitrogens with zero attached hydrogens (tertiary/aromatic N) is 2. The highest BCUT2D eigenvalue weighted by molar-refractivity contribution is 9.10. The molecule has 0 atom stereocenters. The van der Waals surface area contributed by atoms with Crippen LogP contribution in [0.2, 0.25) is 5.15 Å². The zero-order valence-electron chi connectivity index (χ0n) is 9.31. The molecule has 0 aliphatic rings. The molecule has 6 heteroatoms. The average Bonchev–Trinajstić information content (AvgIpc) is 2.38. The van der Waals surface area contributed by atoms with E-state index in [9.17, 15) is 0 Å². The molecule has 94 valence electrons. The number of benzene rings is 1. The van der Waals surface area contributed by atoms with Gasteiger partial charge in [0, 0.05) is 4.47 Å². The summed E-state index contributed by atoms with van der Waals surface area (Å²) < 4.78 is 6.32. The van der Waals surface area contributed by atoms with Crippen molar-refractivity contribution in [3.8, 4) is 17.0 Å². The second-order valence-corrected chi connectivity index (χ2v) is 4.70. The molecule has 0 aliphatic heterocycles. The van der Waals surface area contributed by atoms with Gasteiger partial charge >= 0.3 is 0 Å². The Morgan fingerprint density at radius 2 is 1.94 bits per heavy atom. The number of aromatic nitrogens is 2. The third-order valence-electron chi connectivity index (χ3n) is 2.23. The quantitative estimate of drug-likeness (QED) is 0.876. The molecule has 1 heterocycles. The van der Waals surface area contributed by atoms with Crippen molar-refractivity contribution < 1.29 is 9.84 Å². The van der Waals surface area contributed by atoms with E-state index < -0.39 is 0 Å². The van der Waals surface area contributed by atoms with Crippen molar-refractivity contribution in [2.45, 2.75) is 0 Å². The lowest BCUT2D eigenvalue weighted by atomic mass is 10.1. The minimum atomic E-state index is -0.0819. The second-order valence-electron chi connectivity index (χ2n) is 3.42. The molecule has 1 N–H and O–H groups in total. The van der Waals surface area contributed by atoms with E-state index in [4.69, 9.17) is 21.4 Å². The maximum Gasteiger partial charge on any atom is 0.226 e. The first kappa shape index (κ1) is 13.3. The van der Waals surface area contributed by atoms with Crippen molar-refractivity contribution >= 4 is 27.5 Å². The van der Waals surface area contributed by atoms with Crippen molar-refractivity contribution in [2.24, 2.45) is 0 Å². The number of aliphatic hydroxyl groups excluding tert-OH is 1. The van der Waals surface area contributed by atoms with Gasteiger partial charge in [-0.2, -0.15) is 0 Å². The van der Waals surface area contributed by atoms with Crippen LogP contribution in [0.5, 0.6) is 5.88 Å². The van der Waals surface area contributed by atoms with Gasteiger partial charge in [0.2, 0.25) is 5.88 Å². The van der Waals surface area contributed by atoms with Gasteiger partial charge < -0.3 is 9.84 Å². The highest BCUT2D eigenvalue weighted by Crippen LogP contribution is 2.33. The molecule has 2 aromatic rings. The Morgan fingerprint density at radius 3 is 2.61 bits per heavy atom. The fourth-order valence-corrected chi connectivity index (χ4v) is 1.96. The van der Waals surface area contributed by atoms with Gasteiger partial charge in [-0.3, -0.25) is 0 Å². The van der Waals surface area contributed by atoms with E-state index in [1.54, 1.807) is 0 Å². The van der Waals surface area contributed by atoms with E-state index >= 15 is 0 Å². The number of halogens is 2. The van der Waals surface area contributed by atoms with Crippen molar-refractivity contribution in [1.82, 2.24) is 9.97 Å². The van der Waals surface area contributed by atoms with Gasteiger partial charge in [-0.05, 0) is 17.7 Å². The van der Waals surface area contributed by atoms with Gasteiger partial charge in [0.15, 0.2) is 0 Å². The molecule has 0 unspecified atom stereocenters. The Kier molecular flexibility index (Phi) is 4.52. The maximum atomic E-state index is 8.79. The lowest BCUT2D eigenvalue weighted by Crippen LogP contribution is -2.05. The summed E-state index contributed by atoms with van der Waals surface area (Å²) in [6, 6.07) is 7.57. The molecule has 4 nitrogen and oxygen atoms in total. The van der Waals surface area contributed by atoms with Crippen LogP contribution in [0.3, 0.4) is 0 Å². The van der Waals surface area contributed by atoms with Crippen LogP contribution in [-0.2, 0) is 0 Å². The second kappa shape index (κ2) is 6.13. The fourth-order valence-electron chi connectivity index (χ4n) is 1.46. The first-order chi connectivity index (χ1) is 8.72. The van der Waals surface area contributed by atoms with Crippen LogP contribution in [0.25, 0.3) is 11.1 Å². The first-order valence-electron chi connectivity index (χ1n) is 5.22. The summed E-state index contributed by atoms with van der Waals surface area (Å²) in [5.74, 6) is 0.367. The molecule has 1 aromatic carbocycles. The molecule has 0 amide bonds. The zero-order valence-corrected chi connectivity index (χ0v) is 11.6. The van der Waals surface area contributed by atoms with Crippen LogP contribution in [0.4, 0.5) is 0 Å². The summed E-state index contributed by atoms with van der Waals surface area (Å²) in [4.78, 5) is 7.98. The molecule has 18 heavy (non-hydrogen) atoms. The van der Waals surface area contributed by atoms with Gasteiger partial charge in [-0.1, -0.05) is 39.7 Å². The number of ether oxygens (including phenoxy) is 1. The topological polar surface area (TPSA) is 55.2 Å². The minimum Gasteiger partial charge on any atom is -0.475 e. The third-order valence-corrected chi connectivity index (χ3v) is 3.04. The van der Waals surface area contributed by atoms with Crippen LogP contribution in [0.1, 0.15) is 0 Å². The van der Waals surface area contributed by atoms with Crippen LogP contribution in [0.15, 0.2) is 35.1 Å². The monoisotopic (exact) mass is 328 g/mol. The SMILES string of the molecule is OCCOc1ncnc(Cl)c1-c1ccc(Br)cc1. The highest BCUT2D eigenvalue weighted by atomic mass is 79.9. The largest absolute Gasteiger partial charge is 0.475 e. The number of hydrogen-bond donors (Lipinski definition) is 1. The van der Waals surface area contributed by atoms with E-state index in [-0.39, 0.29) is 13.2 Å². The van der Waals surface area contributed by atoms with Gasteiger partial charge in [-0.25, -0.2) is 9.97 Å². The number of rotatable bonds is 4. The smallest absolute Gasteiger partial charge is 0.226 e. The van der Waals surface area contributed by atoms with Crippen molar-refractivity contribution in [1.29, 1.82) is 0 Å². The Morgan fingerprint density at radius 1 is 1.22 bits per heavy atom. The number of hydrogen-bond acceptors (Lipinski definition) is 4. The van der Waals surface area contributed by atoms with Crippen LogP contribution < -0.4 is 4.74 Å². The van der Waals surface area contributed by atoms with Gasteiger partial charge in [-0.15, -0.1) is 0 Å². The Labute approximate surface area is 118 Å². The standard InChI is InChI=1S/C12H10BrClN2O2/c13-9-3-1-8(2-4-9)10-11(14)15-7-16-12(10)18-6-5-17/h1-4,7,17H,5-6H2. The summed E-state index contributed by atoms with van der Waals surface area (Å²) in [5.41, 5.74) is 1.48. The maximum absolute atomic E-state index is 8.79. The third kappa shape index (κ3) is 2.98. The predicted octanol–water partition coefficient (Wildman–Crippen LogP) is 2.93. The fraction of sp³-hybridized carbons (Fsp3) is 0.167. The number of aliphatic hydroxyl groups is 1. The molecular weight excluding hydrogens is 320 g/mol. The molecule has 0 radical (unpaired) electrons. The molecule has 0 bridgehead atoms. The van der Waals surface area contributed by atoms with Gasteiger partial charge in [0.05, 0.1) is 12.2 Å². The van der Waals surface area contributed by atoms with E-state index in [0.29, 0.717) is 16.6 Å². The van der Waals surface area contributed by atoms with Gasteiger partial charge in [0.1, 0.15) is 18.1 Å². The predicted molar refractivity (Wildman–Crippen MR) is 72.8 cm³/mol. The Bertz CT molecular complexity index is 534. The normalized spacial score (nSPS) is 10.4. The lowest BCUT2D eigenvalue weighted by molar-refractivity contribution is 0.197. The summed E-state index contributed by atoms with van der Waals surface area (Å²) in [7, 11) is 0. The minimum absolute atomic E-state index is 0.0819. The van der Waals surface area contributed by atoms with Crippen molar-refractivity contribution in [3.05, 3.63) is 40.2 Å².